The molecule has 2 aromatic heterocycles. The highest BCUT2D eigenvalue weighted by atomic mass is 16.4. The number of fused-ring (bicyclic) bond motifs is 1. The number of amides is 1. The second kappa shape index (κ2) is 6.25. The Morgan fingerprint density at radius 1 is 1.04 bits per heavy atom. The van der Waals surface area contributed by atoms with Crippen molar-refractivity contribution in [3.8, 4) is 0 Å². The van der Waals surface area contributed by atoms with Crippen LogP contribution in [0, 0.1) is 0 Å². The summed E-state index contributed by atoms with van der Waals surface area (Å²) in [5, 5.41) is 14.7. The van der Waals surface area contributed by atoms with E-state index in [0.717, 1.165) is 10.9 Å². The van der Waals surface area contributed by atoms with Gasteiger partial charge in [-0.25, -0.2) is 4.79 Å². The molecule has 3 heterocycles. The molecule has 1 N–H and O–H groups in total. The van der Waals surface area contributed by atoms with Crippen molar-refractivity contribution in [2.24, 2.45) is 0 Å². The monoisotopic (exact) mass is 350 g/mol. The molecule has 132 valence electrons. The van der Waals surface area contributed by atoms with Crippen LogP contribution in [0.1, 0.15) is 23.2 Å². The zero-order valence-corrected chi connectivity index (χ0v) is 14.1. The first-order valence-electron chi connectivity index (χ1n) is 8.48. The number of nitrogens with zero attached hydrogens (tertiary/aromatic N) is 4. The summed E-state index contributed by atoms with van der Waals surface area (Å²) in [6.07, 6.45) is 5.58. The molecule has 1 aliphatic heterocycles. The van der Waals surface area contributed by atoms with Gasteiger partial charge in [-0.05, 0) is 24.3 Å². The number of carbonyl (C=O) groups excluding carboxylic acids is 1. The summed E-state index contributed by atoms with van der Waals surface area (Å²) in [6, 6.07) is 10.9. The summed E-state index contributed by atoms with van der Waals surface area (Å²) in [5.41, 5.74) is 0.268. The minimum atomic E-state index is -1.10. The third-order valence-corrected chi connectivity index (χ3v) is 5.09. The first kappa shape index (κ1) is 16.3. The lowest BCUT2D eigenvalue weighted by Crippen LogP contribution is -2.52. The van der Waals surface area contributed by atoms with Crippen LogP contribution in [0.15, 0.2) is 55.0 Å². The quantitative estimate of drug-likeness (QED) is 0.782. The van der Waals surface area contributed by atoms with Crippen LogP contribution >= 0.6 is 0 Å². The smallest absolute Gasteiger partial charge is 0.331 e. The van der Waals surface area contributed by atoms with Gasteiger partial charge in [0, 0.05) is 55.5 Å². The van der Waals surface area contributed by atoms with E-state index in [1.807, 2.05) is 24.3 Å². The number of hydrogen-bond donors (Lipinski definition) is 1. The predicted octanol–water partition coefficient (Wildman–Crippen LogP) is 2.15. The van der Waals surface area contributed by atoms with Gasteiger partial charge in [0.1, 0.15) is 0 Å². The third kappa shape index (κ3) is 2.52. The Morgan fingerprint density at radius 2 is 1.85 bits per heavy atom. The van der Waals surface area contributed by atoms with Gasteiger partial charge in [0.15, 0.2) is 5.54 Å². The normalized spacial score (nSPS) is 16.5. The van der Waals surface area contributed by atoms with Crippen LogP contribution in [0.25, 0.3) is 10.9 Å². The van der Waals surface area contributed by atoms with Crippen molar-refractivity contribution in [1.29, 1.82) is 0 Å². The average molecular weight is 350 g/mol. The molecule has 0 spiro atoms. The van der Waals surface area contributed by atoms with Gasteiger partial charge >= 0.3 is 5.97 Å². The summed E-state index contributed by atoms with van der Waals surface area (Å²) in [5.74, 6) is -1.01. The molecule has 26 heavy (non-hydrogen) atoms. The fourth-order valence-corrected chi connectivity index (χ4v) is 3.60. The van der Waals surface area contributed by atoms with Gasteiger partial charge in [-0.15, -0.1) is 0 Å². The van der Waals surface area contributed by atoms with Crippen molar-refractivity contribution < 1.29 is 14.7 Å². The van der Waals surface area contributed by atoms with Crippen LogP contribution in [0.3, 0.4) is 0 Å². The minimum absolute atomic E-state index is 0.0944. The molecule has 0 unspecified atom stereocenters. The molecule has 0 atom stereocenters. The van der Waals surface area contributed by atoms with E-state index in [9.17, 15) is 14.7 Å². The number of likely N-dealkylation sites (tertiary alicyclic amines) is 1. The number of piperidine rings is 1. The van der Waals surface area contributed by atoms with Crippen molar-refractivity contribution in [3.63, 3.8) is 0 Å². The van der Waals surface area contributed by atoms with Crippen LogP contribution in [0.2, 0.25) is 0 Å². The molecule has 1 fully saturated rings. The second-order valence-electron chi connectivity index (χ2n) is 6.46. The molecule has 1 aromatic carbocycles. The number of carboxylic acids is 1. The highest BCUT2D eigenvalue weighted by Gasteiger charge is 2.44. The van der Waals surface area contributed by atoms with Gasteiger partial charge in [-0.1, -0.05) is 12.1 Å². The van der Waals surface area contributed by atoms with Crippen LogP contribution < -0.4 is 0 Å². The van der Waals surface area contributed by atoms with Crippen molar-refractivity contribution in [2.75, 3.05) is 13.1 Å². The van der Waals surface area contributed by atoms with Crippen LogP contribution in [0.4, 0.5) is 0 Å². The molecular weight excluding hydrogens is 332 g/mol. The zero-order chi connectivity index (χ0) is 18.1. The van der Waals surface area contributed by atoms with E-state index < -0.39 is 11.5 Å². The van der Waals surface area contributed by atoms with E-state index in [1.165, 1.54) is 4.68 Å². The second-order valence-corrected chi connectivity index (χ2v) is 6.46. The molecule has 0 aliphatic carbocycles. The van der Waals surface area contributed by atoms with Crippen LogP contribution in [-0.2, 0) is 10.3 Å². The molecule has 1 aliphatic rings. The maximum atomic E-state index is 13.0. The minimum Gasteiger partial charge on any atom is -0.479 e. The molecule has 4 rings (SSSR count). The Balaban J connectivity index is 1.60. The van der Waals surface area contributed by atoms with Gasteiger partial charge < -0.3 is 10.0 Å². The summed E-state index contributed by atoms with van der Waals surface area (Å²) >= 11 is 0. The summed E-state index contributed by atoms with van der Waals surface area (Å²) in [6.45, 7) is 0.725. The fraction of sp³-hybridized carbons (Fsp3) is 0.263. The number of carbonyl (C=O) groups is 2. The molecule has 1 amide bonds. The standard InChI is InChI=1S/C19H18N4O3/c24-17(15-4-1-6-16-14(15)5-2-9-20-16)22-12-7-19(8-13-22,18(25)26)23-11-3-10-21-23/h1-6,9-11H,7-8,12-13H2,(H,25,26). The van der Waals surface area contributed by atoms with Crippen LogP contribution in [0.5, 0.6) is 0 Å². The number of benzene rings is 1. The Hall–Kier alpha value is -3.22. The molecule has 7 nitrogen and oxygen atoms in total. The lowest BCUT2D eigenvalue weighted by Gasteiger charge is -2.39. The SMILES string of the molecule is O=C(c1cccc2ncccc12)N1CCC(C(=O)O)(n2cccn2)CC1. The number of pyridine rings is 1. The first-order valence-corrected chi connectivity index (χ1v) is 8.48. The van der Waals surface area contributed by atoms with E-state index in [2.05, 4.69) is 10.1 Å². The predicted molar refractivity (Wildman–Crippen MR) is 94.7 cm³/mol. The number of aliphatic carboxylic acids is 1. The molecular formula is C19H18N4O3. The largest absolute Gasteiger partial charge is 0.479 e. The fourth-order valence-electron chi connectivity index (χ4n) is 3.60. The molecule has 1 saturated heterocycles. The van der Waals surface area contributed by atoms with Gasteiger partial charge in [-0.3, -0.25) is 14.5 Å². The highest BCUT2D eigenvalue weighted by molar-refractivity contribution is 6.06. The molecule has 0 bridgehead atoms. The number of rotatable bonds is 3. The third-order valence-electron chi connectivity index (χ3n) is 5.09. The van der Waals surface area contributed by atoms with Crippen molar-refractivity contribution in [3.05, 3.63) is 60.6 Å². The molecule has 7 heteroatoms. The van der Waals surface area contributed by atoms with Crippen molar-refractivity contribution >= 4 is 22.8 Å². The zero-order valence-electron chi connectivity index (χ0n) is 14.1. The van der Waals surface area contributed by atoms with E-state index >= 15 is 0 Å². The highest BCUT2D eigenvalue weighted by Crippen LogP contribution is 2.31. The number of carboxylic acid groups (broad SMARTS) is 1. The lowest BCUT2D eigenvalue weighted by atomic mass is 9.87. The van der Waals surface area contributed by atoms with Gasteiger partial charge in [0.05, 0.1) is 5.52 Å². The molecule has 0 saturated carbocycles. The number of aromatic nitrogens is 3. The van der Waals surface area contributed by atoms with Crippen molar-refractivity contribution in [2.45, 2.75) is 18.4 Å². The van der Waals surface area contributed by atoms with Gasteiger partial charge in [0.25, 0.3) is 5.91 Å². The van der Waals surface area contributed by atoms with Gasteiger partial charge in [0.2, 0.25) is 0 Å². The van der Waals surface area contributed by atoms with E-state index in [0.29, 0.717) is 31.5 Å². The van der Waals surface area contributed by atoms with Crippen molar-refractivity contribution in [1.82, 2.24) is 19.7 Å². The Labute approximate surface area is 149 Å². The maximum absolute atomic E-state index is 13.0. The molecule has 0 radical (unpaired) electrons. The Morgan fingerprint density at radius 3 is 2.54 bits per heavy atom. The van der Waals surface area contributed by atoms with E-state index in [4.69, 9.17) is 0 Å². The summed E-state index contributed by atoms with van der Waals surface area (Å²) < 4.78 is 1.50. The number of hydrogen-bond acceptors (Lipinski definition) is 4. The average Bonchev–Trinajstić information content (AvgIpc) is 3.22. The summed E-state index contributed by atoms with van der Waals surface area (Å²) in [4.78, 5) is 30.9. The molecule has 3 aromatic rings. The maximum Gasteiger partial charge on any atom is 0.331 e. The lowest BCUT2D eigenvalue weighted by molar-refractivity contribution is -0.150. The summed E-state index contributed by atoms with van der Waals surface area (Å²) in [7, 11) is 0. The Bertz CT molecular complexity index is 955. The topological polar surface area (TPSA) is 88.3 Å². The van der Waals surface area contributed by atoms with E-state index in [1.54, 1.807) is 35.6 Å². The van der Waals surface area contributed by atoms with Gasteiger partial charge in [-0.2, -0.15) is 5.10 Å². The van der Waals surface area contributed by atoms with E-state index in [-0.39, 0.29) is 5.91 Å². The Kier molecular flexibility index (Phi) is 3.91. The first-order chi connectivity index (χ1) is 12.6. The van der Waals surface area contributed by atoms with Crippen LogP contribution in [-0.4, -0.2) is 49.7 Å².